The van der Waals surface area contributed by atoms with Gasteiger partial charge in [0, 0.05) is 41.3 Å². The van der Waals surface area contributed by atoms with Gasteiger partial charge in [0.25, 0.3) is 0 Å². The van der Waals surface area contributed by atoms with Crippen LogP contribution in [0.2, 0.25) is 0 Å². The number of rotatable bonds is 21. The van der Waals surface area contributed by atoms with Gasteiger partial charge < -0.3 is 39.8 Å². The third-order valence-corrected chi connectivity index (χ3v) is 11.2. The molecule has 56 heavy (non-hydrogen) atoms. The highest BCUT2D eigenvalue weighted by Crippen LogP contribution is 2.30. The summed E-state index contributed by atoms with van der Waals surface area (Å²) in [6.07, 6.45) is -0.131. The standard InChI is InChI=1S/C41H67N5O10/c1-13-26(6)35(44(8)39(50)33(24(2)3)43-38(49)34(25(4)5)45(9)41(53)56-12)31(54-10)23-32(47)46-21-17-20-30(46)36(55-11)27(7)37(48)42-29(40(51)52)22-28-18-15-14-16-19-28/h14-16,18-19,24-27,29-31,33-36H,13,17,20-23H2,1-12H3,(H,42,48)(H,43,49)(H,51,52)/t26-,27+,29-,30-,31+,33-,34-,35-,36+/m0/s1. The van der Waals surface area contributed by atoms with E-state index in [1.165, 1.54) is 33.3 Å². The molecule has 1 saturated heterocycles. The van der Waals surface area contributed by atoms with E-state index in [0.717, 1.165) is 5.56 Å². The number of methoxy groups -OCH3 is 3. The van der Waals surface area contributed by atoms with Gasteiger partial charge in [0.1, 0.15) is 18.1 Å². The number of nitrogens with zero attached hydrogens (tertiary/aromatic N) is 3. The molecule has 0 aromatic heterocycles. The number of carbonyl (C=O) groups excluding carboxylic acids is 5. The molecule has 1 aliphatic heterocycles. The molecule has 0 saturated carbocycles. The first kappa shape index (κ1) is 47.9. The molecule has 9 atom stereocenters. The first-order valence-electron chi connectivity index (χ1n) is 19.7. The molecular formula is C41H67N5O10. The number of hydrogen-bond donors (Lipinski definition) is 3. The molecule has 316 valence electrons. The number of hydrogen-bond acceptors (Lipinski definition) is 9. The van der Waals surface area contributed by atoms with E-state index >= 15 is 0 Å². The van der Waals surface area contributed by atoms with Crippen LogP contribution < -0.4 is 10.6 Å². The van der Waals surface area contributed by atoms with Crippen LogP contribution in [0.4, 0.5) is 4.79 Å². The van der Waals surface area contributed by atoms with Crippen molar-refractivity contribution in [2.45, 2.75) is 123 Å². The number of carboxylic acid groups (broad SMARTS) is 1. The molecule has 0 unspecified atom stereocenters. The van der Waals surface area contributed by atoms with Crippen LogP contribution in [0.15, 0.2) is 30.3 Å². The lowest BCUT2D eigenvalue weighted by molar-refractivity contribution is -0.148. The van der Waals surface area contributed by atoms with Crippen LogP contribution in [0.1, 0.15) is 79.7 Å². The van der Waals surface area contributed by atoms with Crippen LogP contribution in [0.5, 0.6) is 0 Å². The molecule has 1 heterocycles. The van der Waals surface area contributed by atoms with Gasteiger partial charge in [0.2, 0.25) is 23.6 Å². The van der Waals surface area contributed by atoms with E-state index in [4.69, 9.17) is 14.2 Å². The number of aliphatic carboxylic acids is 1. The molecule has 0 aliphatic carbocycles. The van der Waals surface area contributed by atoms with Crippen molar-refractivity contribution in [3.8, 4) is 0 Å². The summed E-state index contributed by atoms with van der Waals surface area (Å²) in [5.41, 5.74) is 0.771. The normalized spacial score (nSPS) is 18.5. The molecule has 0 spiro atoms. The Morgan fingerprint density at radius 2 is 1.50 bits per heavy atom. The Balaban J connectivity index is 2.29. The number of amides is 5. The van der Waals surface area contributed by atoms with Gasteiger partial charge in [0.15, 0.2) is 0 Å². The highest BCUT2D eigenvalue weighted by molar-refractivity contribution is 5.92. The average Bonchev–Trinajstić information content (AvgIpc) is 3.65. The molecule has 3 N–H and O–H groups in total. The van der Waals surface area contributed by atoms with Crippen molar-refractivity contribution >= 4 is 35.7 Å². The maximum Gasteiger partial charge on any atom is 0.409 e. The highest BCUT2D eigenvalue weighted by atomic mass is 16.5. The maximum atomic E-state index is 14.3. The molecule has 1 aromatic rings. The predicted octanol–water partition coefficient (Wildman–Crippen LogP) is 3.58. The second-order valence-corrected chi connectivity index (χ2v) is 15.7. The van der Waals surface area contributed by atoms with Crippen LogP contribution in [-0.4, -0.2) is 140 Å². The minimum Gasteiger partial charge on any atom is -0.480 e. The summed E-state index contributed by atoms with van der Waals surface area (Å²) in [5, 5.41) is 15.4. The fourth-order valence-corrected chi connectivity index (χ4v) is 7.81. The summed E-state index contributed by atoms with van der Waals surface area (Å²) in [6, 6.07) is 5.06. The molecule has 2 rings (SSSR count). The lowest BCUT2D eigenvalue weighted by atomic mass is 9.89. The van der Waals surface area contributed by atoms with Crippen molar-refractivity contribution in [2.24, 2.45) is 23.7 Å². The summed E-state index contributed by atoms with van der Waals surface area (Å²) < 4.78 is 16.7. The second-order valence-electron chi connectivity index (χ2n) is 15.7. The number of carboxylic acids is 1. The van der Waals surface area contributed by atoms with Crippen LogP contribution in [-0.2, 0) is 44.6 Å². The fourth-order valence-electron chi connectivity index (χ4n) is 7.81. The quantitative estimate of drug-likeness (QED) is 0.166. The average molecular weight is 790 g/mol. The molecular weight excluding hydrogens is 722 g/mol. The van der Waals surface area contributed by atoms with Gasteiger partial charge in [-0.1, -0.05) is 85.2 Å². The Labute approximate surface area is 333 Å². The van der Waals surface area contributed by atoms with Gasteiger partial charge in [-0.15, -0.1) is 0 Å². The van der Waals surface area contributed by atoms with E-state index in [0.29, 0.717) is 25.8 Å². The lowest BCUT2D eigenvalue weighted by Crippen LogP contribution is -2.60. The van der Waals surface area contributed by atoms with Gasteiger partial charge in [-0.2, -0.15) is 0 Å². The number of carbonyl (C=O) groups is 6. The molecule has 15 heteroatoms. The Hall–Kier alpha value is -4.24. The number of nitrogens with one attached hydrogen (secondary N) is 2. The Bertz CT molecular complexity index is 1460. The van der Waals surface area contributed by atoms with Gasteiger partial charge >= 0.3 is 12.1 Å². The first-order valence-corrected chi connectivity index (χ1v) is 19.7. The van der Waals surface area contributed by atoms with Crippen LogP contribution in [0.3, 0.4) is 0 Å². The SMILES string of the molecule is CC[C@H](C)[C@@H]([C@@H](CC(=O)N1CCC[C@H]1[C@H](OC)[C@@H](C)C(=O)N[C@@H](Cc1ccccc1)C(=O)O)OC)N(C)C(=O)[C@@H](NC(=O)[C@H](C(C)C)N(C)C(=O)OC)C(C)C. The number of benzene rings is 1. The molecule has 0 radical (unpaired) electrons. The summed E-state index contributed by atoms with van der Waals surface area (Å²) >= 11 is 0. The smallest absolute Gasteiger partial charge is 0.409 e. The van der Waals surface area contributed by atoms with Gasteiger partial charge in [-0.05, 0) is 36.2 Å². The van der Waals surface area contributed by atoms with E-state index in [2.05, 4.69) is 10.6 Å². The molecule has 1 aliphatic rings. The van der Waals surface area contributed by atoms with Gasteiger partial charge in [-0.25, -0.2) is 9.59 Å². The molecule has 1 aromatic carbocycles. The zero-order valence-corrected chi connectivity index (χ0v) is 35.4. The third kappa shape index (κ3) is 12.4. The zero-order chi connectivity index (χ0) is 42.4. The van der Waals surface area contributed by atoms with Crippen molar-refractivity contribution in [1.29, 1.82) is 0 Å². The van der Waals surface area contributed by atoms with E-state index in [1.807, 2.05) is 33.8 Å². The molecule has 0 bridgehead atoms. The highest BCUT2D eigenvalue weighted by Gasteiger charge is 2.43. The van der Waals surface area contributed by atoms with Crippen LogP contribution in [0, 0.1) is 23.7 Å². The van der Waals surface area contributed by atoms with E-state index < -0.39 is 72.2 Å². The predicted molar refractivity (Wildman–Crippen MR) is 211 cm³/mol. The summed E-state index contributed by atoms with van der Waals surface area (Å²) in [5.74, 6) is -4.20. The zero-order valence-electron chi connectivity index (χ0n) is 35.4. The van der Waals surface area contributed by atoms with Gasteiger partial charge in [0.05, 0.1) is 43.7 Å². The molecule has 15 nitrogen and oxygen atoms in total. The minimum absolute atomic E-state index is 0.0626. The van der Waals surface area contributed by atoms with E-state index in [-0.39, 0.29) is 42.4 Å². The topological polar surface area (TPSA) is 184 Å². The molecule has 1 fully saturated rings. The number of ether oxygens (including phenoxy) is 3. The Kier molecular flexibility index (Phi) is 19.2. The summed E-state index contributed by atoms with van der Waals surface area (Å²) in [4.78, 5) is 84.5. The van der Waals surface area contributed by atoms with Crippen LogP contribution >= 0.6 is 0 Å². The van der Waals surface area contributed by atoms with Crippen molar-refractivity contribution in [1.82, 2.24) is 25.3 Å². The molecule has 5 amide bonds. The largest absolute Gasteiger partial charge is 0.480 e. The number of likely N-dealkylation sites (tertiary alicyclic amines) is 1. The van der Waals surface area contributed by atoms with E-state index in [9.17, 15) is 33.9 Å². The maximum absolute atomic E-state index is 14.3. The van der Waals surface area contributed by atoms with Crippen molar-refractivity contribution < 1.29 is 48.1 Å². The van der Waals surface area contributed by atoms with Gasteiger partial charge in [-0.3, -0.25) is 24.1 Å². The van der Waals surface area contributed by atoms with Crippen molar-refractivity contribution in [3.05, 3.63) is 35.9 Å². The van der Waals surface area contributed by atoms with E-state index in [1.54, 1.807) is 61.9 Å². The van der Waals surface area contributed by atoms with Crippen molar-refractivity contribution in [3.63, 3.8) is 0 Å². The first-order chi connectivity index (χ1) is 26.4. The second kappa shape index (κ2) is 22.5. The Morgan fingerprint density at radius 3 is 2.00 bits per heavy atom. The Morgan fingerprint density at radius 1 is 0.875 bits per heavy atom. The summed E-state index contributed by atoms with van der Waals surface area (Å²) in [6.45, 7) is 13.3. The fraction of sp³-hybridized carbons (Fsp3) is 0.707. The third-order valence-electron chi connectivity index (χ3n) is 11.2. The lowest BCUT2D eigenvalue weighted by Gasteiger charge is -2.41. The van der Waals surface area contributed by atoms with Crippen LogP contribution in [0.25, 0.3) is 0 Å². The monoisotopic (exact) mass is 789 g/mol. The number of likely N-dealkylation sites (N-methyl/N-ethyl adjacent to an activating group) is 2. The van der Waals surface area contributed by atoms with Crippen molar-refractivity contribution in [2.75, 3.05) is 42.0 Å². The summed E-state index contributed by atoms with van der Waals surface area (Å²) in [7, 11) is 7.35. The minimum atomic E-state index is -1.15.